The molecule has 2 rings (SSSR count). The highest BCUT2D eigenvalue weighted by molar-refractivity contribution is 6.31. The van der Waals surface area contributed by atoms with E-state index in [2.05, 4.69) is 5.32 Å². The fraction of sp³-hybridized carbons (Fsp3) is 0.385. The van der Waals surface area contributed by atoms with E-state index >= 15 is 0 Å². The Labute approximate surface area is 116 Å². The zero-order valence-corrected chi connectivity index (χ0v) is 11.1. The van der Waals surface area contributed by atoms with E-state index in [1.807, 2.05) is 0 Å². The zero-order valence-electron chi connectivity index (χ0n) is 10.3. The van der Waals surface area contributed by atoms with Crippen LogP contribution in [0.4, 0.5) is 5.69 Å². The van der Waals surface area contributed by atoms with Gasteiger partial charge in [-0.15, -0.1) is 0 Å². The minimum atomic E-state index is -0.629. The Morgan fingerprint density at radius 2 is 2.16 bits per heavy atom. The van der Waals surface area contributed by atoms with Gasteiger partial charge in [0.2, 0.25) is 0 Å². The molecule has 1 aromatic rings. The Kier molecular flexibility index (Phi) is 4.27. The third-order valence-electron chi connectivity index (χ3n) is 2.85. The smallest absolute Gasteiger partial charge is 0.340 e. The second kappa shape index (κ2) is 5.93. The molecule has 3 N–H and O–H groups in total. The van der Waals surface area contributed by atoms with Crippen molar-refractivity contribution in [2.24, 2.45) is 5.92 Å². The molecule has 0 aromatic heterocycles. The van der Waals surface area contributed by atoms with Crippen molar-refractivity contribution in [2.75, 3.05) is 18.9 Å². The number of carbonyl (C=O) groups excluding carboxylic acids is 2. The number of carbonyl (C=O) groups is 2. The molecule has 0 bridgehead atoms. The molecule has 1 fully saturated rings. The van der Waals surface area contributed by atoms with Crippen molar-refractivity contribution in [1.29, 1.82) is 0 Å². The van der Waals surface area contributed by atoms with Gasteiger partial charge in [-0.05, 0) is 37.0 Å². The van der Waals surface area contributed by atoms with Crippen LogP contribution in [0.5, 0.6) is 0 Å². The molecule has 0 heterocycles. The van der Waals surface area contributed by atoms with Gasteiger partial charge in [-0.3, -0.25) is 4.79 Å². The third kappa shape index (κ3) is 4.13. The summed E-state index contributed by atoms with van der Waals surface area (Å²) in [4.78, 5) is 23.1. The van der Waals surface area contributed by atoms with Gasteiger partial charge in [-0.1, -0.05) is 11.6 Å². The summed E-state index contributed by atoms with van der Waals surface area (Å²) in [5.74, 6) is -0.338. The largest absolute Gasteiger partial charge is 0.452 e. The SMILES string of the molecule is Nc1cc(Cl)ccc1C(=O)OCC(=O)NCC1CC1. The molecule has 19 heavy (non-hydrogen) atoms. The summed E-state index contributed by atoms with van der Waals surface area (Å²) in [5, 5.41) is 3.15. The molecule has 1 aliphatic rings. The summed E-state index contributed by atoms with van der Waals surface area (Å²) in [5.41, 5.74) is 6.09. The minimum Gasteiger partial charge on any atom is -0.452 e. The van der Waals surface area contributed by atoms with E-state index < -0.39 is 5.97 Å². The molecule has 0 aliphatic heterocycles. The first kappa shape index (κ1) is 13.7. The standard InChI is InChI=1S/C13H15ClN2O3/c14-9-3-4-10(11(15)5-9)13(18)19-7-12(17)16-6-8-1-2-8/h3-5,8H,1-2,6-7,15H2,(H,16,17). The Bertz CT molecular complexity index is 501. The summed E-state index contributed by atoms with van der Waals surface area (Å²) < 4.78 is 4.89. The van der Waals surface area contributed by atoms with Crippen molar-refractivity contribution >= 4 is 29.2 Å². The van der Waals surface area contributed by atoms with Crippen molar-refractivity contribution < 1.29 is 14.3 Å². The number of nitrogen functional groups attached to an aromatic ring is 1. The topological polar surface area (TPSA) is 81.4 Å². The molecule has 0 saturated heterocycles. The van der Waals surface area contributed by atoms with Gasteiger partial charge in [0.15, 0.2) is 6.61 Å². The van der Waals surface area contributed by atoms with Gasteiger partial charge >= 0.3 is 5.97 Å². The number of esters is 1. The van der Waals surface area contributed by atoms with Gasteiger partial charge in [0.25, 0.3) is 5.91 Å². The Hall–Kier alpha value is -1.75. The van der Waals surface area contributed by atoms with E-state index in [1.54, 1.807) is 6.07 Å². The molecular formula is C13H15ClN2O3. The summed E-state index contributed by atoms with van der Waals surface area (Å²) in [7, 11) is 0. The average Bonchev–Trinajstić information content (AvgIpc) is 3.17. The Morgan fingerprint density at radius 3 is 2.79 bits per heavy atom. The van der Waals surface area contributed by atoms with Crippen molar-refractivity contribution in [3.05, 3.63) is 28.8 Å². The first-order valence-electron chi connectivity index (χ1n) is 6.05. The molecule has 6 heteroatoms. The summed E-state index contributed by atoms with van der Waals surface area (Å²) in [6, 6.07) is 4.48. The van der Waals surface area contributed by atoms with Gasteiger partial charge < -0.3 is 15.8 Å². The van der Waals surface area contributed by atoms with E-state index in [9.17, 15) is 9.59 Å². The average molecular weight is 283 g/mol. The van der Waals surface area contributed by atoms with Crippen LogP contribution >= 0.6 is 11.6 Å². The molecule has 0 unspecified atom stereocenters. The van der Waals surface area contributed by atoms with Gasteiger partial charge in [0, 0.05) is 17.3 Å². The quantitative estimate of drug-likeness (QED) is 0.635. The van der Waals surface area contributed by atoms with Gasteiger partial charge in [-0.25, -0.2) is 4.79 Å². The second-order valence-corrected chi connectivity index (χ2v) is 4.99. The predicted molar refractivity (Wildman–Crippen MR) is 71.9 cm³/mol. The first-order chi connectivity index (χ1) is 9.06. The number of hydrogen-bond acceptors (Lipinski definition) is 4. The number of anilines is 1. The van der Waals surface area contributed by atoms with E-state index in [-0.39, 0.29) is 23.8 Å². The molecule has 5 nitrogen and oxygen atoms in total. The number of nitrogens with one attached hydrogen (secondary N) is 1. The highest BCUT2D eigenvalue weighted by atomic mass is 35.5. The summed E-state index contributed by atoms with van der Waals surface area (Å²) in [6.45, 7) is 0.354. The third-order valence-corrected chi connectivity index (χ3v) is 3.09. The van der Waals surface area contributed by atoms with E-state index in [0.29, 0.717) is 17.5 Å². The molecular weight excluding hydrogens is 268 g/mol. The molecule has 0 spiro atoms. The monoisotopic (exact) mass is 282 g/mol. The predicted octanol–water partition coefficient (Wildman–Crippen LogP) is 1.61. The van der Waals surface area contributed by atoms with Crippen LogP contribution in [0.15, 0.2) is 18.2 Å². The maximum atomic E-state index is 11.7. The van der Waals surface area contributed by atoms with Gasteiger partial charge in [0.1, 0.15) is 0 Å². The lowest BCUT2D eigenvalue weighted by atomic mass is 10.2. The number of ether oxygens (including phenoxy) is 1. The lowest BCUT2D eigenvalue weighted by molar-refractivity contribution is -0.124. The van der Waals surface area contributed by atoms with Crippen LogP contribution in [0.3, 0.4) is 0 Å². The Balaban J connectivity index is 1.81. The Morgan fingerprint density at radius 1 is 1.42 bits per heavy atom. The van der Waals surface area contributed by atoms with E-state index in [0.717, 1.165) is 12.8 Å². The molecule has 102 valence electrons. The van der Waals surface area contributed by atoms with Gasteiger partial charge in [0.05, 0.1) is 5.56 Å². The van der Waals surface area contributed by atoms with Crippen LogP contribution in [-0.2, 0) is 9.53 Å². The number of nitrogens with two attached hydrogens (primary N) is 1. The van der Waals surface area contributed by atoms with Crippen LogP contribution in [0, 0.1) is 5.92 Å². The normalized spacial score (nSPS) is 13.9. The number of rotatable bonds is 5. The molecule has 1 aromatic carbocycles. The van der Waals surface area contributed by atoms with Crippen molar-refractivity contribution in [3.8, 4) is 0 Å². The lowest BCUT2D eigenvalue weighted by Crippen LogP contribution is -2.30. The molecule has 1 aliphatic carbocycles. The van der Waals surface area contributed by atoms with Crippen LogP contribution < -0.4 is 11.1 Å². The van der Waals surface area contributed by atoms with Crippen LogP contribution in [0.1, 0.15) is 23.2 Å². The fourth-order valence-electron chi connectivity index (χ4n) is 1.56. The highest BCUT2D eigenvalue weighted by Gasteiger charge is 2.22. The maximum absolute atomic E-state index is 11.7. The summed E-state index contributed by atoms with van der Waals surface area (Å²) >= 11 is 5.73. The number of halogens is 1. The second-order valence-electron chi connectivity index (χ2n) is 4.56. The van der Waals surface area contributed by atoms with Crippen molar-refractivity contribution in [2.45, 2.75) is 12.8 Å². The maximum Gasteiger partial charge on any atom is 0.340 e. The fourth-order valence-corrected chi connectivity index (χ4v) is 1.74. The van der Waals surface area contributed by atoms with Crippen molar-refractivity contribution in [1.82, 2.24) is 5.32 Å². The first-order valence-corrected chi connectivity index (χ1v) is 6.43. The molecule has 1 amide bonds. The molecule has 1 saturated carbocycles. The van der Waals surface area contributed by atoms with Crippen LogP contribution in [0.25, 0.3) is 0 Å². The summed E-state index contributed by atoms with van der Waals surface area (Å²) in [6.07, 6.45) is 2.31. The number of amides is 1. The molecule has 0 radical (unpaired) electrons. The van der Waals surface area contributed by atoms with Gasteiger partial charge in [-0.2, -0.15) is 0 Å². The van der Waals surface area contributed by atoms with E-state index in [1.165, 1.54) is 12.1 Å². The van der Waals surface area contributed by atoms with E-state index in [4.69, 9.17) is 22.1 Å². The zero-order chi connectivity index (χ0) is 13.8. The number of benzene rings is 1. The molecule has 0 atom stereocenters. The van der Waals surface area contributed by atoms with Crippen LogP contribution in [-0.4, -0.2) is 25.0 Å². The van der Waals surface area contributed by atoms with Crippen LogP contribution in [0.2, 0.25) is 5.02 Å². The number of hydrogen-bond donors (Lipinski definition) is 2. The lowest BCUT2D eigenvalue weighted by Gasteiger charge is -2.07. The minimum absolute atomic E-state index is 0.208. The highest BCUT2D eigenvalue weighted by Crippen LogP contribution is 2.27. The van der Waals surface area contributed by atoms with Crippen molar-refractivity contribution in [3.63, 3.8) is 0 Å².